The number of thiophene rings is 1. The summed E-state index contributed by atoms with van der Waals surface area (Å²) in [4.78, 5) is 0. The molecule has 1 saturated carbocycles. The van der Waals surface area contributed by atoms with Crippen molar-refractivity contribution in [1.29, 1.82) is 0 Å². The van der Waals surface area contributed by atoms with Gasteiger partial charge in [-0.1, -0.05) is 13.8 Å². The molecule has 0 saturated heterocycles. The molecule has 3 N–H and O–H groups in total. The molecule has 1 aliphatic rings. The first kappa shape index (κ1) is 14.0. The fourth-order valence-electron chi connectivity index (χ4n) is 3.26. The molecule has 1 atom stereocenters. The largest absolute Gasteiger partial charge is 0.388 e. The number of nitrogens with two attached hydrogens (primary N) is 1. The highest BCUT2D eigenvalue weighted by atomic mass is 32.1. The quantitative estimate of drug-likeness (QED) is 0.876. The summed E-state index contributed by atoms with van der Waals surface area (Å²) in [5.74, 6) is 1.55. The average molecular weight is 267 g/mol. The summed E-state index contributed by atoms with van der Waals surface area (Å²) in [6, 6.07) is 2.03. The molecule has 1 aromatic heterocycles. The molecule has 1 heterocycles. The predicted molar refractivity (Wildman–Crippen MR) is 77.6 cm³/mol. The Bertz CT molecular complexity index is 353. The van der Waals surface area contributed by atoms with Crippen LogP contribution in [0.3, 0.4) is 0 Å². The topological polar surface area (TPSA) is 46.2 Å². The average Bonchev–Trinajstić information content (AvgIpc) is 2.91. The van der Waals surface area contributed by atoms with E-state index in [1.165, 1.54) is 12.8 Å². The lowest BCUT2D eigenvalue weighted by molar-refractivity contribution is -0.0146. The smallest absolute Gasteiger partial charge is 0.0866 e. The summed E-state index contributed by atoms with van der Waals surface area (Å²) in [5.41, 5.74) is 6.97. The fourth-order valence-corrected chi connectivity index (χ4v) is 3.93. The molecular weight excluding hydrogens is 242 g/mol. The molecule has 0 aromatic carbocycles. The van der Waals surface area contributed by atoms with Crippen molar-refractivity contribution in [2.45, 2.75) is 45.6 Å². The standard InChI is InChI=1S/C15H25NOS/c1-11(2)12-3-6-15(10-16,7-4-12)14(17)13-5-8-18-9-13/h5,8-9,11-12,14,17H,3-4,6-7,10,16H2,1-2H3. The van der Waals surface area contributed by atoms with E-state index in [9.17, 15) is 5.11 Å². The van der Waals surface area contributed by atoms with Crippen LogP contribution in [-0.2, 0) is 0 Å². The second-order valence-electron chi connectivity index (χ2n) is 6.11. The monoisotopic (exact) mass is 267 g/mol. The van der Waals surface area contributed by atoms with Gasteiger partial charge in [0.2, 0.25) is 0 Å². The van der Waals surface area contributed by atoms with E-state index in [0.29, 0.717) is 6.54 Å². The minimum atomic E-state index is -0.387. The highest BCUT2D eigenvalue weighted by Gasteiger charge is 2.41. The van der Waals surface area contributed by atoms with E-state index in [4.69, 9.17) is 5.73 Å². The van der Waals surface area contributed by atoms with Gasteiger partial charge in [0, 0.05) is 12.0 Å². The predicted octanol–water partition coefficient (Wildman–Crippen LogP) is 3.57. The molecule has 0 spiro atoms. The Morgan fingerprint density at radius 3 is 2.56 bits per heavy atom. The first-order chi connectivity index (χ1) is 8.59. The molecule has 2 rings (SSSR count). The van der Waals surface area contributed by atoms with Gasteiger partial charge in [-0.05, 0) is 59.9 Å². The van der Waals surface area contributed by atoms with Crippen LogP contribution >= 0.6 is 11.3 Å². The highest BCUT2D eigenvalue weighted by Crippen LogP contribution is 2.48. The number of hydrogen-bond acceptors (Lipinski definition) is 3. The van der Waals surface area contributed by atoms with Gasteiger partial charge in [0.15, 0.2) is 0 Å². The molecule has 0 aliphatic heterocycles. The number of aliphatic hydroxyl groups excluding tert-OH is 1. The summed E-state index contributed by atoms with van der Waals surface area (Å²) in [6.45, 7) is 5.19. The van der Waals surface area contributed by atoms with E-state index in [1.807, 2.05) is 11.4 Å². The van der Waals surface area contributed by atoms with E-state index < -0.39 is 0 Å². The lowest BCUT2D eigenvalue weighted by atomic mass is 9.64. The van der Waals surface area contributed by atoms with Crippen LogP contribution in [-0.4, -0.2) is 11.7 Å². The summed E-state index contributed by atoms with van der Waals surface area (Å²) >= 11 is 1.65. The molecule has 2 nitrogen and oxygen atoms in total. The number of aliphatic hydroxyl groups is 1. The van der Waals surface area contributed by atoms with Crippen LogP contribution in [0.5, 0.6) is 0 Å². The Labute approximate surface area is 114 Å². The first-order valence-electron chi connectivity index (χ1n) is 6.99. The minimum absolute atomic E-state index is 0.0908. The lowest BCUT2D eigenvalue weighted by Gasteiger charge is -2.43. The zero-order valence-corrected chi connectivity index (χ0v) is 12.2. The zero-order chi connectivity index (χ0) is 13.2. The SMILES string of the molecule is CC(C)C1CCC(CN)(C(O)c2ccsc2)CC1. The molecule has 1 unspecified atom stereocenters. The van der Waals surface area contributed by atoms with Gasteiger partial charge in [0.25, 0.3) is 0 Å². The van der Waals surface area contributed by atoms with Crippen molar-refractivity contribution in [3.05, 3.63) is 22.4 Å². The van der Waals surface area contributed by atoms with Gasteiger partial charge in [-0.15, -0.1) is 0 Å². The van der Waals surface area contributed by atoms with E-state index >= 15 is 0 Å². The minimum Gasteiger partial charge on any atom is -0.388 e. The van der Waals surface area contributed by atoms with Crippen molar-refractivity contribution < 1.29 is 5.11 Å². The molecule has 0 bridgehead atoms. The van der Waals surface area contributed by atoms with Crippen molar-refractivity contribution in [2.24, 2.45) is 23.0 Å². The van der Waals surface area contributed by atoms with Crippen LogP contribution in [0.2, 0.25) is 0 Å². The number of hydrogen-bond donors (Lipinski definition) is 2. The van der Waals surface area contributed by atoms with E-state index in [1.54, 1.807) is 11.3 Å². The van der Waals surface area contributed by atoms with Gasteiger partial charge in [-0.25, -0.2) is 0 Å². The van der Waals surface area contributed by atoms with Gasteiger partial charge in [0.05, 0.1) is 6.10 Å². The molecule has 102 valence electrons. The van der Waals surface area contributed by atoms with Crippen molar-refractivity contribution >= 4 is 11.3 Å². The molecule has 0 radical (unpaired) electrons. The van der Waals surface area contributed by atoms with Crippen LogP contribution in [0.15, 0.2) is 16.8 Å². The Morgan fingerprint density at radius 1 is 1.44 bits per heavy atom. The maximum atomic E-state index is 10.6. The third kappa shape index (κ3) is 2.63. The van der Waals surface area contributed by atoms with Crippen LogP contribution in [0.25, 0.3) is 0 Å². The second kappa shape index (κ2) is 5.72. The van der Waals surface area contributed by atoms with Crippen molar-refractivity contribution in [3.63, 3.8) is 0 Å². The van der Waals surface area contributed by atoms with E-state index in [0.717, 1.165) is 30.2 Å². The van der Waals surface area contributed by atoms with Gasteiger partial charge < -0.3 is 10.8 Å². The van der Waals surface area contributed by atoms with Crippen molar-refractivity contribution in [2.75, 3.05) is 6.54 Å². The Hall–Kier alpha value is -0.380. The Balaban J connectivity index is 2.09. The van der Waals surface area contributed by atoms with Gasteiger partial charge in [-0.2, -0.15) is 11.3 Å². The van der Waals surface area contributed by atoms with Crippen LogP contribution < -0.4 is 5.73 Å². The Kier molecular flexibility index (Phi) is 4.46. The summed E-state index contributed by atoms with van der Waals surface area (Å²) in [6.07, 6.45) is 4.14. The molecular formula is C15H25NOS. The van der Waals surface area contributed by atoms with Gasteiger partial charge in [-0.3, -0.25) is 0 Å². The number of rotatable bonds is 4. The third-order valence-corrected chi connectivity index (χ3v) is 5.52. The Morgan fingerprint density at radius 2 is 2.11 bits per heavy atom. The van der Waals surface area contributed by atoms with Gasteiger partial charge in [0.1, 0.15) is 0 Å². The first-order valence-corrected chi connectivity index (χ1v) is 7.93. The molecule has 0 amide bonds. The zero-order valence-electron chi connectivity index (χ0n) is 11.4. The molecule has 1 aromatic rings. The highest BCUT2D eigenvalue weighted by molar-refractivity contribution is 7.07. The molecule has 1 aliphatic carbocycles. The summed E-state index contributed by atoms with van der Waals surface area (Å²) < 4.78 is 0. The third-order valence-electron chi connectivity index (χ3n) is 4.81. The summed E-state index contributed by atoms with van der Waals surface area (Å²) in [5, 5.41) is 14.7. The second-order valence-corrected chi connectivity index (χ2v) is 6.89. The van der Waals surface area contributed by atoms with Crippen LogP contribution in [0, 0.1) is 17.3 Å². The maximum absolute atomic E-state index is 10.6. The van der Waals surface area contributed by atoms with Crippen molar-refractivity contribution in [1.82, 2.24) is 0 Å². The van der Waals surface area contributed by atoms with E-state index in [-0.39, 0.29) is 11.5 Å². The van der Waals surface area contributed by atoms with Crippen molar-refractivity contribution in [3.8, 4) is 0 Å². The van der Waals surface area contributed by atoms with E-state index in [2.05, 4.69) is 19.2 Å². The molecule has 1 fully saturated rings. The molecule has 18 heavy (non-hydrogen) atoms. The fraction of sp³-hybridized carbons (Fsp3) is 0.733. The van der Waals surface area contributed by atoms with Crippen LogP contribution in [0.1, 0.15) is 51.2 Å². The summed E-state index contributed by atoms with van der Waals surface area (Å²) in [7, 11) is 0. The maximum Gasteiger partial charge on any atom is 0.0866 e. The van der Waals surface area contributed by atoms with Gasteiger partial charge >= 0.3 is 0 Å². The lowest BCUT2D eigenvalue weighted by Crippen LogP contribution is -2.40. The van der Waals surface area contributed by atoms with Crippen LogP contribution in [0.4, 0.5) is 0 Å². The molecule has 3 heteroatoms. The normalized spacial score (nSPS) is 30.6.